The van der Waals surface area contributed by atoms with Crippen LogP contribution in [0.25, 0.3) is 0 Å². The molecule has 2 aromatic rings. The van der Waals surface area contributed by atoms with Crippen LogP contribution in [0.3, 0.4) is 0 Å². The highest BCUT2D eigenvalue weighted by molar-refractivity contribution is 5.40. The first-order chi connectivity index (χ1) is 10.3. The van der Waals surface area contributed by atoms with E-state index in [0.29, 0.717) is 13.2 Å². The van der Waals surface area contributed by atoms with Gasteiger partial charge in [-0.2, -0.15) is 0 Å². The van der Waals surface area contributed by atoms with E-state index < -0.39 is 0 Å². The van der Waals surface area contributed by atoms with E-state index in [1.54, 1.807) is 7.11 Å². The zero-order chi connectivity index (χ0) is 15.1. The van der Waals surface area contributed by atoms with Gasteiger partial charge in [0.15, 0.2) is 0 Å². The number of rotatable bonds is 7. The summed E-state index contributed by atoms with van der Waals surface area (Å²) in [5.41, 5.74) is 8.33. The van der Waals surface area contributed by atoms with Gasteiger partial charge in [0.25, 0.3) is 0 Å². The third-order valence-electron chi connectivity index (χ3n) is 3.60. The van der Waals surface area contributed by atoms with E-state index in [2.05, 4.69) is 12.1 Å². The standard InChI is InChI=1S/C18H23NO2/c1-3-21-17-10-6-4-8-14(17)12-15(13-19)16-9-5-7-11-18(16)20-2/h4-11,15H,3,12-13,19H2,1-2H3. The molecule has 0 aliphatic heterocycles. The molecule has 1 unspecified atom stereocenters. The number of hydrogen-bond donors (Lipinski definition) is 1. The van der Waals surface area contributed by atoms with Gasteiger partial charge in [0.05, 0.1) is 13.7 Å². The molecule has 0 fully saturated rings. The van der Waals surface area contributed by atoms with Crippen molar-refractivity contribution in [2.75, 3.05) is 20.3 Å². The molecule has 0 heterocycles. The van der Waals surface area contributed by atoms with Crippen LogP contribution in [-0.2, 0) is 6.42 Å². The Balaban J connectivity index is 2.27. The summed E-state index contributed by atoms with van der Waals surface area (Å²) in [6.45, 7) is 3.23. The number of benzene rings is 2. The minimum Gasteiger partial charge on any atom is -0.496 e. The molecule has 1 atom stereocenters. The van der Waals surface area contributed by atoms with Crippen LogP contribution in [0.15, 0.2) is 48.5 Å². The zero-order valence-electron chi connectivity index (χ0n) is 12.7. The second kappa shape index (κ2) is 7.70. The average Bonchev–Trinajstić information content (AvgIpc) is 2.54. The Labute approximate surface area is 126 Å². The minimum atomic E-state index is 0.211. The van der Waals surface area contributed by atoms with Crippen molar-refractivity contribution in [3.63, 3.8) is 0 Å². The lowest BCUT2D eigenvalue weighted by atomic mass is 9.91. The van der Waals surface area contributed by atoms with Crippen molar-refractivity contribution in [3.05, 3.63) is 59.7 Å². The summed E-state index contributed by atoms with van der Waals surface area (Å²) in [5.74, 6) is 2.04. The van der Waals surface area contributed by atoms with Gasteiger partial charge in [-0.1, -0.05) is 36.4 Å². The highest BCUT2D eigenvalue weighted by Crippen LogP contribution is 2.31. The lowest BCUT2D eigenvalue weighted by Crippen LogP contribution is -2.16. The van der Waals surface area contributed by atoms with E-state index in [1.165, 1.54) is 5.56 Å². The van der Waals surface area contributed by atoms with Gasteiger partial charge in [-0.3, -0.25) is 0 Å². The summed E-state index contributed by atoms with van der Waals surface area (Å²) in [5, 5.41) is 0. The van der Waals surface area contributed by atoms with E-state index in [4.69, 9.17) is 15.2 Å². The molecule has 112 valence electrons. The van der Waals surface area contributed by atoms with Gasteiger partial charge >= 0.3 is 0 Å². The number of hydrogen-bond acceptors (Lipinski definition) is 3. The normalized spacial score (nSPS) is 12.0. The van der Waals surface area contributed by atoms with E-state index >= 15 is 0 Å². The third-order valence-corrected chi connectivity index (χ3v) is 3.60. The fourth-order valence-corrected chi connectivity index (χ4v) is 2.56. The van der Waals surface area contributed by atoms with Crippen LogP contribution >= 0.6 is 0 Å². The fourth-order valence-electron chi connectivity index (χ4n) is 2.56. The SMILES string of the molecule is CCOc1ccccc1CC(CN)c1ccccc1OC. The monoisotopic (exact) mass is 285 g/mol. The quantitative estimate of drug-likeness (QED) is 0.848. The predicted molar refractivity (Wildman–Crippen MR) is 86.1 cm³/mol. The van der Waals surface area contributed by atoms with Crippen LogP contribution in [0.5, 0.6) is 11.5 Å². The second-order valence-corrected chi connectivity index (χ2v) is 4.92. The molecular formula is C18H23NO2. The van der Waals surface area contributed by atoms with E-state index in [9.17, 15) is 0 Å². The van der Waals surface area contributed by atoms with E-state index in [0.717, 1.165) is 23.5 Å². The molecule has 3 heteroatoms. The molecule has 2 aromatic carbocycles. The zero-order valence-corrected chi connectivity index (χ0v) is 12.7. The minimum absolute atomic E-state index is 0.211. The molecule has 2 N–H and O–H groups in total. The van der Waals surface area contributed by atoms with Gasteiger partial charge in [0.2, 0.25) is 0 Å². The van der Waals surface area contributed by atoms with Crippen LogP contribution in [0.1, 0.15) is 24.0 Å². The summed E-state index contributed by atoms with van der Waals surface area (Å²) >= 11 is 0. The molecule has 0 aromatic heterocycles. The number of methoxy groups -OCH3 is 1. The Kier molecular flexibility index (Phi) is 5.64. The molecule has 21 heavy (non-hydrogen) atoms. The Hall–Kier alpha value is -2.00. The number of nitrogens with two attached hydrogens (primary N) is 1. The Morgan fingerprint density at radius 2 is 1.67 bits per heavy atom. The summed E-state index contributed by atoms with van der Waals surface area (Å²) in [7, 11) is 1.69. The maximum atomic E-state index is 6.00. The molecular weight excluding hydrogens is 262 g/mol. The van der Waals surface area contributed by atoms with Crippen LogP contribution in [0.4, 0.5) is 0 Å². The maximum Gasteiger partial charge on any atom is 0.122 e. The van der Waals surface area contributed by atoms with Gasteiger partial charge in [-0.25, -0.2) is 0 Å². The number of ether oxygens (including phenoxy) is 2. The molecule has 0 aliphatic carbocycles. The van der Waals surface area contributed by atoms with Crippen LogP contribution in [0, 0.1) is 0 Å². The van der Waals surface area contributed by atoms with Gasteiger partial charge in [-0.05, 0) is 43.1 Å². The topological polar surface area (TPSA) is 44.5 Å². The van der Waals surface area contributed by atoms with E-state index in [-0.39, 0.29) is 5.92 Å². The molecule has 0 bridgehead atoms. The molecule has 3 nitrogen and oxygen atoms in total. The Bertz CT molecular complexity index is 569. The van der Waals surface area contributed by atoms with Crippen molar-refractivity contribution >= 4 is 0 Å². The molecule has 0 saturated heterocycles. The van der Waals surface area contributed by atoms with Crippen molar-refractivity contribution in [1.82, 2.24) is 0 Å². The molecule has 0 aliphatic rings. The van der Waals surface area contributed by atoms with Gasteiger partial charge in [-0.15, -0.1) is 0 Å². The summed E-state index contributed by atoms with van der Waals surface area (Å²) in [4.78, 5) is 0. The number of para-hydroxylation sites is 2. The highest BCUT2D eigenvalue weighted by Gasteiger charge is 2.17. The van der Waals surface area contributed by atoms with Crippen molar-refractivity contribution in [2.24, 2.45) is 5.73 Å². The summed E-state index contributed by atoms with van der Waals surface area (Å²) < 4.78 is 11.2. The van der Waals surface area contributed by atoms with Crippen molar-refractivity contribution in [1.29, 1.82) is 0 Å². The third kappa shape index (κ3) is 3.76. The fraction of sp³-hybridized carbons (Fsp3) is 0.333. The summed E-state index contributed by atoms with van der Waals surface area (Å²) in [6, 6.07) is 16.2. The molecule has 2 rings (SSSR count). The first-order valence-corrected chi connectivity index (χ1v) is 7.33. The largest absolute Gasteiger partial charge is 0.496 e. The van der Waals surface area contributed by atoms with E-state index in [1.807, 2.05) is 43.3 Å². The van der Waals surface area contributed by atoms with Crippen molar-refractivity contribution in [2.45, 2.75) is 19.3 Å². The molecule has 0 spiro atoms. The molecule has 0 saturated carbocycles. The van der Waals surface area contributed by atoms with Crippen LogP contribution < -0.4 is 15.2 Å². The molecule has 0 radical (unpaired) electrons. The average molecular weight is 285 g/mol. The van der Waals surface area contributed by atoms with Gasteiger partial charge in [0.1, 0.15) is 11.5 Å². The Morgan fingerprint density at radius 1 is 1.00 bits per heavy atom. The smallest absolute Gasteiger partial charge is 0.122 e. The van der Waals surface area contributed by atoms with Crippen LogP contribution in [-0.4, -0.2) is 20.3 Å². The predicted octanol–water partition coefficient (Wildman–Crippen LogP) is 3.38. The first kappa shape index (κ1) is 15.4. The lowest BCUT2D eigenvalue weighted by Gasteiger charge is -2.19. The van der Waals surface area contributed by atoms with Crippen LogP contribution in [0.2, 0.25) is 0 Å². The van der Waals surface area contributed by atoms with Crippen molar-refractivity contribution < 1.29 is 9.47 Å². The molecule has 0 amide bonds. The lowest BCUT2D eigenvalue weighted by molar-refractivity contribution is 0.335. The Morgan fingerprint density at radius 3 is 2.33 bits per heavy atom. The van der Waals surface area contributed by atoms with Gasteiger partial charge in [0, 0.05) is 5.92 Å². The summed E-state index contributed by atoms with van der Waals surface area (Å²) in [6.07, 6.45) is 0.840. The first-order valence-electron chi connectivity index (χ1n) is 7.33. The second-order valence-electron chi connectivity index (χ2n) is 4.92. The van der Waals surface area contributed by atoms with Gasteiger partial charge < -0.3 is 15.2 Å². The maximum absolute atomic E-state index is 6.00. The van der Waals surface area contributed by atoms with Crippen molar-refractivity contribution in [3.8, 4) is 11.5 Å². The highest BCUT2D eigenvalue weighted by atomic mass is 16.5.